The molecule has 0 radical (unpaired) electrons. The summed E-state index contributed by atoms with van der Waals surface area (Å²) >= 11 is 0. The molecule has 2 rings (SSSR count). The summed E-state index contributed by atoms with van der Waals surface area (Å²) in [5, 5.41) is 11.5. The van der Waals surface area contributed by atoms with Crippen molar-refractivity contribution < 1.29 is 14.7 Å². The first-order valence-electron chi connectivity index (χ1n) is 7.40. The van der Waals surface area contributed by atoms with Crippen LogP contribution in [0.4, 0.5) is 0 Å². The molecule has 5 nitrogen and oxygen atoms in total. The van der Waals surface area contributed by atoms with E-state index in [2.05, 4.69) is 10.2 Å². The molecule has 0 aromatic heterocycles. The topological polar surface area (TPSA) is 69.6 Å². The standard InChI is InChI=1S/C14H24N2O3/c17-13(6-7-14(18)19)15-11-8-9-16(10-11)12-4-2-1-3-5-12/h11-12H,1-10H2,(H,15,17)(H,18,19). The van der Waals surface area contributed by atoms with E-state index in [9.17, 15) is 9.59 Å². The van der Waals surface area contributed by atoms with Crippen LogP contribution in [0, 0.1) is 0 Å². The van der Waals surface area contributed by atoms with Gasteiger partial charge in [-0.05, 0) is 19.3 Å². The van der Waals surface area contributed by atoms with Crippen molar-refractivity contribution in [2.24, 2.45) is 0 Å². The molecule has 1 saturated carbocycles. The predicted molar refractivity (Wildman–Crippen MR) is 71.9 cm³/mol. The summed E-state index contributed by atoms with van der Waals surface area (Å²) in [6.07, 6.45) is 7.61. The smallest absolute Gasteiger partial charge is 0.303 e. The zero-order valence-electron chi connectivity index (χ0n) is 11.4. The van der Waals surface area contributed by atoms with Crippen LogP contribution in [0.15, 0.2) is 0 Å². The van der Waals surface area contributed by atoms with Crippen LogP contribution in [0.2, 0.25) is 0 Å². The highest BCUT2D eigenvalue weighted by atomic mass is 16.4. The Bertz CT molecular complexity index is 327. The largest absolute Gasteiger partial charge is 0.481 e. The second-order valence-electron chi connectivity index (χ2n) is 5.73. The average Bonchev–Trinajstić information content (AvgIpc) is 2.86. The molecule has 2 N–H and O–H groups in total. The summed E-state index contributed by atoms with van der Waals surface area (Å²) in [7, 11) is 0. The quantitative estimate of drug-likeness (QED) is 0.790. The lowest BCUT2D eigenvalue weighted by Gasteiger charge is -2.31. The van der Waals surface area contributed by atoms with Crippen molar-refractivity contribution in [3.05, 3.63) is 0 Å². The van der Waals surface area contributed by atoms with E-state index in [-0.39, 0.29) is 24.8 Å². The number of rotatable bonds is 5. The van der Waals surface area contributed by atoms with Crippen molar-refractivity contribution in [3.8, 4) is 0 Å². The normalized spacial score (nSPS) is 25.4. The number of aliphatic carboxylic acids is 1. The number of hydrogen-bond donors (Lipinski definition) is 2. The van der Waals surface area contributed by atoms with Gasteiger partial charge in [0.1, 0.15) is 0 Å². The van der Waals surface area contributed by atoms with E-state index in [1.54, 1.807) is 0 Å². The van der Waals surface area contributed by atoms with Crippen LogP contribution >= 0.6 is 0 Å². The molecule has 1 heterocycles. The number of hydrogen-bond acceptors (Lipinski definition) is 3. The van der Waals surface area contributed by atoms with Crippen LogP contribution < -0.4 is 5.32 Å². The van der Waals surface area contributed by atoms with Gasteiger partial charge in [-0.15, -0.1) is 0 Å². The van der Waals surface area contributed by atoms with Crippen molar-refractivity contribution in [2.75, 3.05) is 13.1 Å². The molecule has 0 aromatic rings. The predicted octanol–water partition coefficient (Wildman–Crippen LogP) is 1.37. The molecule has 1 aliphatic heterocycles. The van der Waals surface area contributed by atoms with Gasteiger partial charge < -0.3 is 10.4 Å². The van der Waals surface area contributed by atoms with E-state index < -0.39 is 5.97 Å². The highest BCUT2D eigenvalue weighted by molar-refractivity contribution is 5.80. The molecule has 19 heavy (non-hydrogen) atoms. The minimum Gasteiger partial charge on any atom is -0.481 e. The molecule has 1 unspecified atom stereocenters. The minimum absolute atomic E-state index is 0.0785. The van der Waals surface area contributed by atoms with Gasteiger partial charge in [-0.1, -0.05) is 19.3 Å². The zero-order valence-corrected chi connectivity index (χ0v) is 11.4. The van der Waals surface area contributed by atoms with Gasteiger partial charge in [-0.3, -0.25) is 14.5 Å². The molecule has 0 spiro atoms. The van der Waals surface area contributed by atoms with Crippen LogP contribution in [-0.2, 0) is 9.59 Å². The van der Waals surface area contributed by atoms with Crippen LogP contribution in [0.3, 0.4) is 0 Å². The number of nitrogens with one attached hydrogen (secondary N) is 1. The fraction of sp³-hybridized carbons (Fsp3) is 0.857. The van der Waals surface area contributed by atoms with E-state index in [1.165, 1.54) is 32.1 Å². The van der Waals surface area contributed by atoms with Crippen LogP contribution in [0.1, 0.15) is 51.4 Å². The van der Waals surface area contributed by atoms with Gasteiger partial charge in [-0.2, -0.15) is 0 Å². The van der Waals surface area contributed by atoms with Gasteiger partial charge in [0.15, 0.2) is 0 Å². The number of carbonyl (C=O) groups is 2. The lowest BCUT2D eigenvalue weighted by molar-refractivity contribution is -0.138. The van der Waals surface area contributed by atoms with Gasteiger partial charge in [0, 0.05) is 31.6 Å². The Morgan fingerprint density at radius 1 is 1.11 bits per heavy atom. The number of nitrogens with zero attached hydrogens (tertiary/aromatic N) is 1. The van der Waals surface area contributed by atoms with Gasteiger partial charge in [0.05, 0.1) is 6.42 Å². The van der Waals surface area contributed by atoms with Gasteiger partial charge in [0.25, 0.3) is 0 Å². The highest BCUT2D eigenvalue weighted by Gasteiger charge is 2.29. The van der Waals surface area contributed by atoms with Crippen molar-refractivity contribution in [2.45, 2.75) is 63.5 Å². The third-order valence-electron chi connectivity index (χ3n) is 4.24. The highest BCUT2D eigenvalue weighted by Crippen LogP contribution is 2.25. The second-order valence-corrected chi connectivity index (χ2v) is 5.73. The minimum atomic E-state index is -0.912. The Morgan fingerprint density at radius 2 is 1.84 bits per heavy atom. The van der Waals surface area contributed by atoms with Crippen LogP contribution in [0.25, 0.3) is 0 Å². The first kappa shape index (κ1) is 14.3. The molecule has 1 amide bonds. The molecule has 2 fully saturated rings. The molecule has 108 valence electrons. The fourth-order valence-corrected chi connectivity index (χ4v) is 3.20. The Balaban J connectivity index is 1.69. The van der Waals surface area contributed by atoms with Crippen molar-refractivity contribution >= 4 is 11.9 Å². The average molecular weight is 268 g/mol. The van der Waals surface area contributed by atoms with Crippen LogP contribution in [0.5, 0.6) is 0 Å². The lowest BCUT2D eigenvalue weighted by Crippen LogP contribution is -2.40. The number of carbonyl (C=O) groups excluding carboxylic acids is 1. The van der Waals surface area contributed by atoms with E-state index in [1.807, 2.05) is 0 Å². The Hall–Kier alpha value is -1.10. The monoisotopic (exact) mass is 268 g/mol. The first-order valence-corrected chi connectivity index (χ1v) is 7.40. The SMILES string of the molecule is O=C(O)CCC(=O)NC1CCN(C2CCCCC2)C1. The van der Waals surface area contributed by atoms with Crippen molar-refractivity contribution in [1.82, 2.24) is 10.2 Å². The summed E-state index contributed by atoms with van der Waals surface area (Å²) in [5.74, 6) is -1.04. The third-order valence-corrected chi connectivity index (χ3v) is 4.24. The Morgan fingerprint density at radius 3 is 2.53 bits per heavy atom. The third kappa shape index (κ3) is 4.49. The van der Waals surface area contributed by atoms with Gasteiger partial charge >= 0.3 is 5.97 Å². The molecule has 0 bridgehead atoms. The zero-order chi connectivity index (χ0) is 13.7. The maximum atomic E-state index is 11.6. The van der Waals surface area contributed by atoms with Gasteiger partial charge in [0.2, 0.25) is 5.91 Å². The molecule has 1 atom stereocenters. The summed E-state index contributed by atoms with van der Waals surface area (Å²) in [6, 6.07) is 0.915. The number of likely N-dealkylation sites (tertiary alicyclic amines) is 1. The first-order chi connectivity index (χ1) is 9.15. The van der Waals surface area contributed by atoms with E-state index >= 15 is 0 Å². The molecule has 1 aliphatic carbocycles. The Kier molecular flexibility index (Phi) is 5.19. The maximum absolute atomic E-state index is 11.6. The van der Waals surface area contributed by atoms with Crippen LogP contribution in [-0.4, -0.2) is 47.1 Å². The van der Waals surface area contributed by atoms with Gasteiger partial charge in [-0.25, -0.2) is 0 Å². The van der Waals surface area contributed by atoms with E-state index in [0.717, 1.165) is 19.5 Å². The second kappa shape index (κ2) is 6.89. The molecule has 0 aromatic carbocycles. The molecule has 2 aliphatic rings. The maximum Gasteiger partial charge on any atom is 0.303 e. The number of carboxylic acids is 1. The Labute approximate surface area is 114 Å². The van der Waals surface area contributed by atoms with E-state index in [4.69, 9.17) is 5.11 Å². The van der Waals surface area contributed by atoms with E-state index in [0.29, 0.717) is 6.04 Å². The molecular weight excluding hydrogens is 244 g/mol. The van der Waals surface area contributed by atoms with Crippen molar-refractivity contribution in [3.63, 3.8) is 0 Å². The molecular formula is C14H24N2O3. The summed E-state index contributed by atoms with van der Waals surface area (Å²) in [5.41, 5.74) is 0. The molecule has 1 saturated heterocycles. The summed E-state index contributed by atoms with van der Waals surface area (Å²) in [6.45, 7) is 2.00. The summed E-state index contributed by atoms with van der Waals surface area (Å²) < 4.78 is 0. The summed E-state index contributed by atoms with van der Waals surface area (Å²) in [4.78, 5) is 24.5. The molecule has 5 heteroatoms. The number of amides is 1. The fourth-order valence-electron chi connectivity index (χ4n) is 3.20. The van der Waals surface area contributed by atoms with Crippen molar-refractivity contribution in [1.29, 1.82) is 0 Å². The lowest BCUT2D eigenvalue weighted by atomic mass is 9.94. The number of carboxylic acid groups (broad SMARTS) is 1.